The molecule has 0 saturated heterocycles. The topological polar surface area (TPSA) is 90.7 Å². The predicted octanol–water partition coefficient (Wildman–Crippen LogP) is 0.563. The van der Waals surface area contributed by atoms with Crippen molar-refractivity contribution in [3.63, 3.8) is 0 Å². The van der Waals surface area contributed by atoms with Gasteiger partial charge in [0.1, 0.15) is 0 Å². The van der Waals surface area contributed by atoms with Crippen LogP contribution in [0.25, 0.3) is 0 Å². The average Bonchev–Trinajstić information content (AvgIpc) is 2.33. The summed E-state index contributed by atoms with van der Waals surface area (Å²) in [6.07, 6.45) is 0. The van der Waals surface area contributed by atoms with E-state index in [4.69, 9.17) is 14.7 Å². The summed E-state index contributed by atoms with van der Waals surface area (Å²) < 4.78 is 27.3. The van der Waals surface area contributed by atoms with E-state index in [9.17, 15) is 8.42 Å². The number of rotatable bonds is 7. The smallest absolute Gasteiger partial charge is 0.238 e. The number of hydroxylamine groups is 1. The van der Waals surface area contributed by atoms with Gasteiger partial charge in [-0.15, -0.1) is 0 Å². The first-order chi connectivity index (χ1) is 8.45. The van der Waals surface area contributed by atoms with Crippen LogP contribution in [-0.2, 0) is 19.6 Å². The van der Waals surface area contributed by atoms with Crippen molar-refractivity contribution in [1.29, 1.82) is 0 Å². The number of hydrogen-bond acceptors (Lipinski definition) is 5. The molecule has 1 rings (SSSR count). The molecule has 1 unspecified atom stereocenters. The summed E-state index contributed by atoms with van der Waals surface area (Å²) in [6, 6.07) is 6.27. The fourth-order valence-corrected chi connectivity index (χ4v) is 1.91. The second-order valence-electron chi connectivity index (χ2n) is 3.80. The SMILES string of the molecule is COCCONC(C)c1cccc(S(N)(=O)=O)c1. The van der Waals surface area contributed by atoms with Crippen molar-refractivity contribution in [2.45, 2.75) is 17.9 Å². The third-order valence-corrected chi connectivity index (χ3v) is 3.25. The molecule has 0 bridgehead atoms. The first kappa shape index (κ1) is 15.1. The van der Waals surface area contributed by atoms with Crippen molar-refractivity contribution in [2.75, 3.05) is 20.3 Å². The molecule has 1 aromatic rings. The molecule has 6 nitrogen and oxygen atoms in total. The van der Waals surface area contributed by atoms with Crippen LogP contribution in [0.2, 0.25) is 0 Å². The van der Waals surface area contributed by atoms with Gasteiger partial charge in [-0.05, 0) is 24.6 Å². The molecule has 0 aliphatic heterocycles. The maximum Gasteiger partial charge on any atom is 0.238 e. The second kappa shape index (κ2) is 6.81. The number of ether oxygens (including phenoxy) is 1. The van der Waals surface area contributed by atoms with Crippen LogP contribution in [0.4, 0.5) is 0 Å². The molecule has 3 N–H and O–H groups in total. The van der Waals surface area contributed by atoms with Crippen LogP contribution in [0, 0.1) is 0 Å². The Kier molecular flexibility index (Phi) is 5.70. The van der Waals surface area contributed by atoms with Crippen molar-refractivity contribution < 1.29 is 18.0 Å². The maximum atomic E-state index is 11.2. The number of hydrogen-bond donors (Lipinski definition) is 2. The predicted molar refractivity (Wildman–Crippen MR) is 67.2 cm³/mol. The summed E-state index contributed by atoms with van der Waals surface area (Å²) in [5, 5.41) is 5.07. The molecular formula is C11H18N2O4S. The van der Waals surface area contributed by atoms with Crippen LogP contribution in [-0.4, -0.2) is 28.7 Å². The minimum atomic E-state index is -3.68. The lowest BCUT2D eigenvalue weighted by molar-refractivity contribution is -0.00927. The lowest BCUT2D eigenvalue weighted by Crippen LogP contribution is -2.22. The molecule has 0 aromatic heterocycles. The highest BCUT2D eigenvalue weighted by Crippen LogP contribution is 2.16. The third-order valence-electron chi connectivity index (χ3n) is 2.34. The van der Waals surface area contributed by atoms with Gasteiger partial charge in [0.05, 0.1) is 24.2 Å². The van der Waals surface area contributed by atoms with E-state index in [1.54, 1.807) is 19.2 Å². The monoisotopic (exact) mass is 274 g/mol. The minimum absolute atomic E-state index is 0.0885. The van der Waals surface area contributed by atoms with E-state index >= 15 is 0 Å². The summed E-state index contributed by atoms with van der Waals surface area (Å²) in [4.78, 5) is 5.25. The summed E-state index contributed by atoms with van der Waals surface area (Å²) in [5.74, 6) is 0. The van der Waals surface area contributed by atoms with Crippen molar-refractivity contribution in [3.05, 3.63) is 29.8 Å². The Labute approximate surface area is 107 Å². The summed E-state index contributed by atoms with van der Waals surface area (Å²) in [7, 11) is -2.09. The molecule has 0 heterocycles. The minimum Gasteiger partial charge on any atom is -0.382 e. The normalized spacial score (nSPS) is 13.5. The van der Waals surface area contributed by atoms with E-state index in [0.717, 1.165) is 5.56 Å². The average molecular weight is 274 g/mol. The molecule has 0 radical (unpaired) electrons. The van der Waals surface area contributed by atoms with Gasteiger partial charge in [-0.25, -0.2) is 13.6 Å². The number of nitrogens with two attached hydrogens (primary N) is 1. The van der Waals surface area contributed by atoms with Crippen molar-refractivity contribution >= 4 is 10.0 Å². The van der Waals surface area contributed by atoms with E-state index in [-0.39, 0.29) is 10.9 Å². The van der Waals surface area contributed by atoms with Crippen LogP contribution < -0.4 is 10.6 Å². The van der Waals surface area contributed by atoms with Crippen molar-refractivity contribution in [3.8, 4) is 0 Å². The van der Waals surface area contributed by atoms with Crippen LogP contribution in [0.3, 0.4) is 0 Å². The van der Waals surface area contributed by atoms with E-state index in [2.05, 4.69) is 5.48 Å². The molecule has 0 aliphatic rings. The van der Waals surface area contributed by atoms with E-state index in [1.807, 2.05) is 6.92 Å². The Morgan fingerprint density at radius 3 is 2.72 bits per heavy atom. The Morgan fingerprint density at radius 1 is 1.39 bits per heavy atom. The lowest BCUT2D eigenvalue weighted by atomic mass is 10.1. The molecule has 0 aliphatic carbocycles. The van der Waals surface area contributed by atoms with Gasteiger partial charge in [-0.2, -0.15) is 5.48 Å². The number of benzene rings is 1. The zero-order valence-corrected chi connectivity index (χ0v) is 11.2. The van der Waals surface area contributed by atoms with Crippen LogP contribution in [0.15, 0.2) is 29.2 Å². The number of sulfonamides is 1. The number of primary sulfonamides is 1. The van der Waals surface area contributed by atoms with Gasteiger partial charge in [0.2, 0.25) is 10.0 Å². The Bertz CT molecular complexity index is 476. The van der Waals surface area contributed by atoms with Crippen molar-refractivity contribution in [1.82, 2.24) is 5.48 Å². The highest BCUT2D eigenvalue weighted by molar-refractivity contribution is 7.89. The van der Waals surface area contributed by atoms with Crippen LogP contribution >= 0.6 is 0 Å². The molecular weight excluding hydrogens is 256 g/mol. The zero-order valence-electron chi connectivity index (χ0n) is 10.4. The summed E-state index contributed by atoms with van der Waals surface area (Å²) >= 11 is 0. The van der Waals surface area contributed by atoms with Crippen LogP contribution in [0.1, 0.15) is 18.5 Å². The second-order valence-corrected chi connectivity index (χ2v) is 5.36. The van der Waals surface area contributed by atoms with E-state index in [0.29, 0.717) is 13.2 Å². The zero-order chi connectivity index (χ0) is 13.6. The summed E-state index contributed by atoms with van der Waals surface area (Å²) in [6.45, 7) is 2.75. The molecule has 0 spiro atoms. The third kappa shape index (κ3) is 4.71. The Balaban J connectivity index is 2.66. The van der Waals surface area contributed by atoms with Gasteiger partial charge >= 0.3 is 0 Å². The molecule has 1 aromatic carbocycles. The fraction of sp³-hybridized carbons (Fsp3) is 0.455. The highest BCUT2D eigenvalue weighted by Gasteiger charge is 2.11. The molecule has 0 fully saturated rings. The first-order valence-electron chi connectivity index (χ1n) is 5.44. The van der Waals surface area contributed by atoms with Gasteiger partial charge in [-0.3, -0.25) is 4.84 Å². The van der Waals surface area contributed by atoms with Gasteiger partial charge in [0.15, 0.2) is 0 Å². The van der Waals surface area contributed by atoms with Gasteiger partial charge in [-0.1, -0.05) is 12.1 Å². The maximum absolute atomic E-state index is 11.2. The Hall–Kier alpha value is -0.990. The first-order valence-corrected chi connectivity index (χ1v) is 6.99. The number of nitrogens with one attached hydrogen (secondary N) is 1. The van der Waals surface area contributed by atoms with Gasteiger partial charge < -0.3 is 4.74 Å². The standard InChI is InChI=1S/C11H18N2O4S/c1-9(13-17-7-6-16-2)10-4-3-5-11(8-10)18(12,14)15/h3-5,8-9,13H,6-7H2,1-2H3,(H2,12,14,15). The molecule has 0 amide bonds. The quantitative estimate of drug-likeness (QED) is 0.560. The largest absolute Gasteiger partial charge is 0.382 e. The molecule has 18 heavy (non-hydrogen) atoms. The molecule has 1 atom stereocenters. The van der Waals surface area contributed by atoms with E-state index < -0.39 is 10.0 Å². The molecule has 0 saturated carbocycles. The lowest BCUT2D eigenvalue weighted by Gasteiger charge is -2.14. The highest BCUT2D eigenvalue weighted by atomic mass is 32.2. The van der Waals surface area contributed by atoms with Gasteiger partial charge in [0.25, 0.3) is 0 Å². The fourth-order valence-electron chi connectivity index (χ4n) is 1.34. The molecule has 7 heteroatoms. The number of methoxy groups -OCH3 is 1. The Morgan fingerprint density at radius 2 is 2.11 bits per heavy atom. The van der Waals surface area contributed by atoms with Crippen LogP contribution in [0.5, 0.6) is 0 Å². The molecule has 102 valence electrons. The van der Waals surface area contributed by atoms with Gasteiger partial charge in [0, 0.05) is 7.11 Å². The summed E-state index contributed by atoms with van der Waals surface area (Å²) in [5.41, 5.74) is 3.57. The van der Waals surface area contributed by atoms with E-state index in [1.165, 1.54) is 12.1 Å². The van der Waals surface area contributed by atoms with Crippen molar-refractivity contribution in [2.24, 2.45) is 5.14 Å².